The van der Waals surface area contributed by atoms with Crippen LogP contribution in [0.25, 0.3) is 0 Å². The lowest BCUT2D eigenvalue weighted by Crippen LogP contribution is -2.14. The molecule has 0 bridgehead atoms. The molecule has 0 aliphatic rings. The molecule has 0 aliphatic carbocycles. The largest absolute Gasteiger partial charge is 0.320 e. The number of thiazole rings is 1. The van der Waals surface area contributed by atoms with Crippen molar-refractivity contribution < 1.29 is 4.79 Å². The van der Waals surface area contributed by atoms with Gasteiger partial charge >= 0.3 is 0 Å². The first-order valence-corrected chi connectivity index (χ1v) is 6.25. The maximum atomic E-state index is 12.0. The quantitative estimate of drug-likeness (QED) is 0.883. The monoisotopic (exact) mass is 246 g/mol. The molecule has 4 heteroatoms. The molecule has 1 heterocycles. The van der Waals surface area contributed by atoms with E-state index in [1.54, 1.807) is 5.51 Å². The molecule has 0 radical (unpaired) electrons. The highest BCUT2D eigenvalue weighted by molar-refractivity contribution is 7.09. The van der Waals surface area contributed by atoms with Crippen LogP contribution in [0.5, 0.6) is 0 Å². The Labute approximate surface area is 105 Å². The van der Waals surface area contributed by atoms with E-state index in [1.165, 1.54) is 11.3 Å². The second kappa shape index (κ2) is 4.67. The minimum Gasteiger partial charge on any atom is -0.320 e. The molecule has 3 nitrogen and oxygen atoms in total. The third-order valence-corrected chi connectivity index (χ3v) is 3.57. The summed E-state index contributed by atoms with van der Waals surface area (Å²) in [5.41, 5.74) is 5.30. The van der Waals surface area contributed by atoms with Crippen LogP contribution in [0.3, 0.4) is 0 Å². The molecule has 1 aromatic heterocycles. The third kappa shape index (κ3) is 2.36. The average molecular weight is 246 g/mol. The van der Waals surface area contributed by atoms with Gasteiger partial charge in [-0.1, -0.05) is 12.1 Å². The Kier molecular flexibility index (Phi) is 3.24. The van der Waals surface area contributed by atoms with Gasteiger partial charge < -0.3 is 5.32 Å². The fourth-order valence-electron chi connectivity index (χ4n) is 1.59. The fraction of sp³-hybridized carbons (Fsp3) is 0.231. The highest BCUT2D eigenvalue weighted by Crippen LogP contribution is 2.20. The third-order valence-electron chi connectivity index (χ3n) is 2.81. The van der Waals surface area contributed by atoms with E-state index in [4.69, 9.17) is 0 Å². The topological polar surface area (TPSA) is 42.0 Å². The smallest absolute Gasteiger partial charge is 0.275 e. The Morgan fingerprint density at radius 2 is 2.06 bits per heavy atom. The molecule has 0 aliphatic heterocycles. The first kappa shape index (κ1) is 11.8. The lowest BCUT2D eigenvalue weighted by atomic mass is 10.1. The molecular formula is C13H14N2OS. The Morgan fingerprint density at radius 3 is 2.71 bits per heavy atom. The second-order valence-corrected chi connectivity index (χ2v) is 5.02. The molecule has 17 heavy (non-hydrogen) atoms. The minimum absolute atomic E-state index is 0.141. The number of aryl methyl sites for hydroxylation is 2. The minimum atomic E-state index is -0.141. The summed E-state index contributed by atoms with van der Waals surface area (Å²) >= 11 is 1.48. The Hall–Kier alpha value is -1.68. The van der Waals surface area contributed by atoms with Gasteiger partial charge in [0.25, 0.3) is 5.91 Å². The first-order valence-electron chi connectivity index (χ1n) is 5.37. The summed E-state index contributed by atoms with van der Waals surface area (Å²) in [5.74, 6) is -0.141. The summed E-state index contributed by atoms with van der Waals surface area (Å²) in [4.78, 5) is 17.0. The lowest BCUT2D eigenvalue weighted by molar-refractivity contribution is 0.102. The molecule has 0 spiro atoms. The number of nitrogens with one attached hydrogen (secondary N) is 1. The van der Waals surface area contributed by atoms with E-state index in [1.807, 2.05) is 39.0 Å². The zero-order chi connectivity index (χ0) is 12.4. The number of rotatable bonds is 2. The van der Waals surface area contributed by atoms with Crippen LogP contribution in [-0.4, -0.2) is 10.9 Å². The van der Waals surface area contributed by atoms with Crippen LogP contribution in [0.1, 0.15) is 26.5 Å². The molecule has 0 unspecified atom stereocenters. The van der Waals surface area contributed by atoms with Crippen LogP contribution in [0.2, 0.25) is 0 Å². The van der Waals surface area contributed by atoms with Gasteiger partial charge in [-0.05, 0) is 38.0 Å². The number of carbonyl (C=O) groups excluding carboxylic acids is 1. The number of aromatic nitrogens is 1. The Balaban J connectivity index is 2.25. The number of hydrogen-bond donors (Lipinski definition) is 1. The zero-order valence-corrected chi connectivity index (χ0v) is 10.9. The summed E-state index contributed by atoms with van der Waals surface area (Å²) in [6, 6.07) is 5.87. The van der Waals surface area contributed by atoms with Crippen LogP contribution in [0.15, 0.2) is 23.7 Å². The van der Waals surface area contributed by atoms with Crippen LogP contribution in [0.4, 0.5) is 5.69 Å². The van der Waals surface area contributed by atoms with Crippen molar-refractivity contribution >= 4 is 22.9 Å². The molecule has 88 valence electrons. The van der Waals surface area contributed by atoms with Crippen molar-refractivity contribution in [2.75, 3.05) is 5.32 Å². The first-order chi connectivity index (χ1) is 8.09. The molecule has 0 atom stereocenters. The summed E-state index contributed by atoms with van der Waals surface area (Å²) in [6.07, 6.45) is 0. The summed E-state index contributed by atoms with van der Waals surface area (Å²) in [5, 5.41) is 2.90. The van der Waals surface area contributed by atoms with E-state index < -0.39 is 0 Å². The Bertz CT molecular complexity index is 560. The van der Waals surface area contributed by atoms with Crippen molar-refractivity contribution in [3.8, 4) is 0 Å². The van der Waals surface area contributed by atoms with Crippen molar-refractivity contribution in [3.05, 3.63) is 45.4 Å². The fourth-order valence-corrected chi connectivity index (χ4v) is 2.16. The van der Waals surface area contributed by atoms with Gasteiger partial charge in [0, 0.05) is 10.6 Å². The number of nitrogens with zero attached hydrogens (tertiary/aromatic N) is 1. The summed E-state index contributed by atoms with van der Waals surface area (Å²) in [6.45, 7) is 5.92. The van der Waals surface area contributed by atoms with Crippen molar-refractivity contribution in [2.24, 2.45) is 0 Å². The maximum absolute atomic E-state index is 12.0. The van der Waals surface area contributed by atoms with Gasteiger partial charge in [-0.15, -0.1) is 11.3 Å². The van der Waals surface area contributed by atoms with E-state index in [9.17, 15) is 4.79 Å². The van der Waals surface area contributed by atoms with Crippen LogP contribution in [-0.2, 0) is 0 Å². The molecule has 1 aromatic carbocycles. The van der Waals surface area contributed by atoms with E-state index in [-0.39, 0.29) is 5.91 Å². The van der Waals surface area contributed by atoms with Crippen LogP contribution in [0, 0.1) is 20.8 Å². The van der Waals surface area contributed by atoms with Gasteiger partial charge in [0.2, 0.25) is 0 Å². The number of hydrogen-bond acceptors (Lipinski definition) is 3. The van der Waals surface area contributed by atoms with Gasteiger partial charge in [0.05, 0.1) is 5.51 Å². The van der Waals surface area contributed by atoms with E-state index in [0.29, 0.717) is 5.69 Å². The van der Waals surface area contributed by atoms with E-state index in [2.05, 4.69) is 10.3 Å². The highest BCUT2D eigenvalue weighted by atomic mass is 32.1. The molecule has 0 fully saturated rings. The SMILES string of the molecule is Cc1cccc(NC(=O)c2ncsc2C)c1C. The number of amides is 1. The normalized spacial score (nSPS) is 10.3. The molecule has 0 saturated carbocycles. The molecule has 1 amide bonds. The highest BCUT2D eigenvalue weighted by Gasteiger charge is 2.13. The van der Waals surface area contributed by atoms with Crippen molar-refractivity contribution in [1.29, 1.82) is 0 Å². The maximum Gasteiger partial charge on any atom is 0.275 e. The van der Waals surface area contributed by atoms with E-state index >= 15 is 0 Å². The van der Waals surface area contributed by atoms with Gasteiger partial charge in [-0.25, -0.2) is 4.98 Å². The number of anilines is 1. The van der Waals surface area contributed by atoms with Crippen LogP contribution < -0.4 is 5.32 Å². The summed E-state index contributed by atoms with van der Waals surface area (Å²) < 4.78 is 0. The zero-order valence-electron chi connectivity index (χ0n) is 10.1. The number of benzene rings is 1. The van der Waals surface area contributed by atoms with Gasteiger partial charge in [-0.2, -0.15) is 0 Å². The average Bonchev–Trinajstić information content (AvgIpc) is 2.71. The van der Waals surface area contributed by atoms with Crippen molar-refractivity contribution in [3.63, 3.8) is 0 Å². The lowest BCUT2D eigenvalue weighted by Gasteiger charge is -2.09. The summed E-state index contributed by atoms with van der Waals surface area (Å²) in [7, 11) is 0. The van der Waals surface area contributed by atoms with E-state index in [0.717, 1.165) is 21.7 Å². The number of carbonyl (C=O) groups is 1. The molecule has 2 rings (SSSR count). The standard InChI is InChI=1S/C13H14N2OS/c1-8-5-4-6-11(9(8)2)15-13(16)12-10(3)17-7-14-12/h4-7H,1-3H3,(H,15,16). The van der Waals surface area contributed by atoms with Gasteiger partial charge in [0.1, 0.15) is 5.69 Å². The van der Waals surface area contributed by atoms with Crippen molar-refractivity contribution in [1.82, 2.24) is 4.98 Å². The molecule has 1 N–H and O–H groups in total. The molecule has 2 aromatic rings. The van der Waals surface area contributed by atoms with Gasteiger partial charge in [0.15, 0.2) is 0 Å². The predicted molar refractivity (Wildman–Crippen MR) is 70.7 cm³/mol. The Morgan fingerprint density at radius 1 is 1.29 bits per heavy atom. The molecule has 0 saturated heterocycles. The molecular weight excluding hydrogens is 232 g/mol. The second-order valence-electron chi connectivity index (χ2n) is 3.96. The van der Waals surface area contributed by atoms with Crippen LogP contribution >= 0.6 is 11.3 Å². The predicted octanol–water partition coefficient (Wildman–Crippen LogP) is 3.32. The van der Waals surface area contributed by atoms with Crippen molar-refractivity contribution in [2.45, 2.75) is 20.8 Å². The van der Waals surface area contributed by atoms with Gasteiger partial charge in [-0.3, -0.25) is 4.79 Å².